The molecule has 6 nitrogen and oxygen atoms in total. The Kier molecular flexibility index (Phi) is 6.24. The minimum atomic E-state index is -5.79. The molecule has 2 saturated carbocycles. The number of esters is 1. The summed E-state index contributed by atoms with van der Waals surface area (Å²) in [4.78, 5) is 24.8. The topological polar surface area (TPSA) is 89.5 Å². The van der Waals surface area contributed by atoms with Crippen molar-refractivity contribution in [1.82, 2.24) is 4.72 Å². The Morgan fingerprint density at radius 1 is 1.08 bits per heavy atom. The van der Waals surface area contributed by atoms with E-state index in [0.29, 0.717) is 25.7 Å². The highest BCUT2D eigenvalue weighted by Gasteiger charge is 2.49. The molecule has 2 rings (SSSR count). The van der Waals surface area contributed by atoms with Gasteiger partial charge in [0.25, 0.3) is 0 Å². The first-order valence-corrected chi connectivity index (χ1v) is 10.4. The smallest absolute Gasteiger partial charge is 0.459 e. The van der Waals surface area contributed by atoms with Crippen molar-refractivity contribution in [1.29, 1.82) is 0 Å². The van der Waals surface area contributed by atoms with Crippen LogP contribution in [0, 0.1) is 11.8 Å². The van der Waals surface area contributed by atoms with Gasteiger partial charge in [0.2, 0.25) is 5.91 Å². The van der Waals surface area contributed by atoms with E-state index in [0.717, 1.165) is 30.4 Å². The lowest BCUT2D eigenvalue weighted by molar-refractivity contribution is -0.169. The van der Waals surface area contributed by atoms with Crippen molar-refractivity contribution >= 4 is 21.9 Å². The molecule has 0 bridgehead atoms. The third-order valence-corrected chi connectivity index (χ3v) is 6.50. The summed E-state index contributed by atoms with van der Waals surface area (Å²) in [6.07, 6.45) is 5.55. The molecule has 0 heterocycles. The lowest BCUT2D eigenvalue weighted by Gasteiger charge is -2.34. The molecule has 1 amide bonds. The van der Waals surface area contributed by atoms with Crippen LogP contribution in [0.15, 0.2) is 0 Å². The van der Waals surface area contributed by atoms with Crippen molar-refractivity contribution in [3.8, 4) is 0 Å². The minimum absolute atomic E-state index is 0.151. The highest BCUT2D eigenvalue weighted by Crippen LogP contribution is 2.39. The molecular formula is C16H24F3NO5S. The van der Waals surface area contributed by atoms with Crippen molar-refractivity contribution in [3.05, 3.63) is 0 Å². The molecule has 26 heavy (non-hydrogen) atoms. The van der Waals surface area contributed by atoms with E-state index in [4.69, 9.17) is 4.74 Å². The van der Waals surface area contributed by atoms with Crippen LogP contribution in [0.4, 0.5) is 13.2 Å². The molecule has 0 aromatic rings. The number of amides is 1. The molecule has 2 fully saturated rings. The summed E-state index contributed by atoms with van der Waals surface area (Å²) in [7, 11) is -5.79. The molecule has 0 aromatic heterocycles. The number of halogens is 3. The van der Waals surface area contributed by atoms with Gasteiger partial charge in [-0.3, -0.25) is 9.59 Å². The number of sulfonamides is 1. The maximum absolute atomic E-state index is 12.6. The molecule has 2 atom stereocenters. The molecule has 2 unspecified atom stereocenters. The predicted octanol–water partition coefficient (Wildman–Crippen LogP) is 3.02. The van der Waals surface area contributed by atoms with Gasteiger partial charge in [-0.25, -0.2) is 4.72 Å². The van der Waals surface area contributed by atoms with Crippen molar-refractivity contribution in [2.24, 2.45) is 11.8 Å². The predicted molar refractivity (Wildman–Crippen MR) is 86.1 cm³/mol. The first kappa shape index (κ1) is 21.0. The van der Waals surface area contributed by atoms with Crippen LogP contribution >= 0.6 is 0 Å². The molecular weight excluding hydrogens is 375 g/mol. The van der Waals surface area contributed by atoms with Gasteiger partial charge in [0.15, 0.2) is 0 Å². The fourth-order valence-corrected chi connectivity index (χ4v) is 4.36. The molecule has 0 radical (unpaired) electrons. The summed E-state index contributed by atoms with van der Waals surface area (Å²) in [6, 6.07) is 0. The molecule has 10 heteroatoms. The summed E-state index contributed by atoms with van der Waals surface area (Å²) in [5.74, 6) is -3.96. The number of alkyl halides is 3. The zero-order valence-electron chi connectivity index (χ0n) is 14.6. The summed E-state index contributed by atoms with van der Waals surface area (Å²) in [5, 5.41) is 0. The summed E-state index contributed by atoms with van der Waals surface area (Å²) >= 11 is 0. The standard InChI is InChI=1S/C16H24F3NO5S/c1-2-15(9-5-6-10-15)25-14(22)12-8-4-3-7-11(12)13(21)20-26(23,24)16(17,18)19/h11-12H,2-10H2,1H3,(H,20,21). The molecule has 0 saturated heterocycles. The van der Waals surface area contributed by atoms with Gasteiger partial charge in [-0.2, -0.15) is 21.6 Å². The van der Waals surface area contributed by atoms with Gasteiger partial charge in [0.05, 0.1) is 11.8 Å². The van der Waals surface area contributed by atoms with Crippen LogP contribution in [-0.4, -0.2) is 31.4 Å². The highest BCUT2D eigenvalue weighted by atomic mass is 32.2. The third-order valence-electron chi connectivity index (χ3n) is 5.42. The first-order valence-electron chi connectivity index (χ1n) is 8.87. The fourth-order valence-electron chi connectivity index (χ4n) is 3.83. The quantitative estimate of drug-likeness (QED) is 0.718. The van der Waals surface area contributed by atoms with Crippen LogP contribution in [0.5, 0.6) is 0 Å². The van der Waals surface area contributed by atoms with E-state index in [9.17, 15) is 31.2 Å². The van der Waals surface area contributed by atoms with Crippen LogP contribution in [0.25, 0.3) is 0 Å². The van der Waals surface area contributed by atoms with E-state index in [1.807, 2.05) is 6.92 Å². The largest absolute Gasteiger partial charge is 0.516 e. The second kappa shape index (κ2) is 7.74. The van der Waals surface area contributed by atoms with Gasteiger partial charge < -0.3 is 4.74 Å². The Hall–Kier alpha value is -1.32. The highest BCUT2D eigenvalue weighted by molar-refractivity contribution is 7.90. The second-order valence-electron chi connectivity index (χ2n) is 7.08. The van der Waals surface area contributed by atoms with Crippen LogP contribution in [0.2, 0.25) is 0 Å². The lowest BCUT2D eigenvalue weighted by Crippen LogP contribution is -2.47. The lowest BCUT2D eigenvalue weighted by atomic mass is 9.78. The number of hydrogen-bond donors (Lipinski definition) is 1. The van der Waals surface area contributed by atoms with Gasteiger partial charge in [0.1, 0.15) is 5.60 Å². The Labute approximate surface area is 150 Å². The number of rotatable bonds is 5. The molecule has 2 aliphatic rings. The van der Waals surface area contributed by atoms with Crippen LogP contribution in [0.3, 0.4) is 0 Å². The minimum Gasteiger partial charge on any atom is -0.459 e. The Balaban J connectivity index is 2.11. The first-order chi connectivity index (χ1) is 12.0. The monoisotopic (exact) mass is 399 g/mol. The van der Waals surface area contributed by atoms with Crippen LogP contribution < -0.4 is 4.72 Å². The van der Waals surface area contributed by atoms with E-state index in [2.05, 4.69) is 0 Å². The number of ether oxygens (including phenoxy) is 1. The number of hydrogen-bond acceptors (Lipinski definition) is 5. The van der Waals surface area contributed by atoms with Gasteiger partial charge >= 0.3 is 21.5 Å². The number of nitrogens with one attached hydrogen (secondary N) is 1. The zero-order valence-corrected chi connectivity index (χ0v) is 15.4. The molecule has 1 N–H and O–H groups in total. The molecule has 0 spiro atoms. The summed E-state index contributed by atoms with van der Waals surface area (Å²) in [6.45, 7) is 1.90. The molecule has 0 aliphatic heterocycles. The van der Waals surface area contributed by atoms with Crippen molar-refractivity contribution in [2.45, 2.75) is 75.8 Å². The summed E-state index contributed by atoms with van der Waals surface area (Å²) < 4.78 is 66.6. The molecule has 150 valence electrons. The Morgan fingerprint density at radius 2 is 1.62 bits per heavy atom. The van der Waals surface area contributed by atoms with E-state index < -0.39 is 44.8 Å². The van der Waals surface area contributed by atoms with Crippen LogP contribution in [0.1, 0.15) is 64.7 Å². The molecule has 2 aliphatic carbocycles. The van der Waals surface area contributed by atoms with Crippen molar-refractivity contribution in [3.63, 3.8) is 0 Å². The Morgan fingerprint density at radius 3 is 2.12 bits per heavy atom. The maximum Gasteiger partial charge on any atom is 0.516 e. The van der Waals surface area contributed by atoms with E-state index >= 15 is 0 Å². The molecule has 0 aromatic carbocycles. The average molecular weight is 399 g/mol. The Bertz CT molecular complexity index is 641. The van der Waals surface area contributed by atoms with Gasteiger partial charge in [-0.1, -0.05) is 19.8 Å². The summed E-state index contributed by atoms with van der Waals surface area (Å²) in [5.41, 5.74) is -6.16. The fraction of sp³-hybridized carbons (Fsp3) is 0.875. The average Bonchev–Trinajstić information content (AvgIpc) is 3.02. The SMILES string of the molecule is CCC1(OC(=O)C2CCCCC2C(=O)NS(=O)(=O)C(F)(F)F)CCCC1. The van der Waals surface area contributed by atoms with Crippen molar-refractivity contribution < 1.29 is 35.9 Å². The normalized spacial score (nSPS) is 26.3. The van der Waals surface area contributed by atoms with Crippen LogP contribution in [-0.2, 0) is 24.3 Å². The maximum atomic E-state index is 12.6. The van der Waals surface area contributed by atoms with E-state index in [1.165, 1.54) is 0 Å². The third kappa shape index (κ3) is 4.50. The second-order valence-corrected chi connectivity index (χ2v) is 8.75. The van der Waals surface area contributed by atoms with E-state index in [-0.39, 0.29) is 6.42 Å². The number of carbonyl (C=O) groups excluding carboxylic acids is 2. The zero-order chi connectivity index (χ0) is 19.6. The number of carbonyl (C=O) groups is 2. The van der Waals surface area contributed by atoms with Crippen molar-refractivity contribution in [2.75, 3.05) is 0 Å². The van der Waals surface area contributed by atoms with Gasteiger partial charge in [0, 0.05) is 0 Å². The van der Waals surface area contributed by atoms with E-state index in [1.54, 1.807) is 0 Å². The van der Waals surface area contributed by atoms with Gasteiger partial charge in [-0.15, -0.1) is 0 Å². The van der Waals surface area contributed by atoms with Gasteiger partial charge in [-0.05, 0) is 44.9 Å².